The number of methoxy groups -OCH3 is 2. The Labute approximate surface area is 157 Å². The molecule has 0 unspecified atom stereocenters. The summed E-state index contributed by atoms with van der Waals surface area (Å²) in [6, 6.07) is 5.24. The highest BCUT2D eigenvalue weighted by Crippen LogP contribution is 2.39. The number of ether oxygens (including phenoxy) is 2. The van der Waals surface area contributed by atoms with Gasteiger partial charge in [-0.15, -0.1) is 0 Å². The first-order chi connectivity index (χ1) is 11.5. The summed E-state index contributed by atoms with van der Waals surface area (Å²) in [5.41, 5.74) is 0.686. The molecule has 1 aromatic carbocycles. The van der Waals surface area contributed by atoms with Crippen LogP contribution in [-0.2, 0) is 0 Å². The number of benzene rings is 1. The van der Waals surface area contributed by atoms with E-state index in [4.69, 9.17) is 44.3 Å². The van der Waals surface area contributed by atoms with Gasteiger partial charge in [0.05, 0.1) is 24.8 Å². The molecule has 24 heavy (non-hydrogen) atoms. The van der Waals surface area contributed by atoms with Crippen LogP contribution in [0.1, 0.15) is 0 Å². The van der Waals surface area contributed by atoms with Crippen molar-refractivity contribution >= 4 is 57.5 Å². The first-order valence-electron chi connectivity index (χ1n) is 6.60. The van der Waals surface area contributed by atoms with Gasteiger partial charge in [0.2, 0.25) is 11.8 Å². The van der Waals surface area contributed by atoms with E-state index in [2.05, 4.69) is 15.0 Å². The number of rotatable bonds is 4. The molecule has 0 radical (unpaired) electrons. The first kappa shape index (κ1) is 17.4. The third-order valence-corrected chi connectivity index (χ3v) is 4.84. The van der Waals surface area contributed by atoms with Gasteiger partial charge in [-0.1, -0.05) is 34.8 Å². The van der Waals surface area contributed by atoms with E-state index >= 15 is 0 Å². The largest absolute Gasteiger partial charge is 0.480 e. The monoisotopic (exact) mass is 401 g/mol. The van der Waals surface area contributed by atoms with Gasteiger partial charge in [0.15, 0.2) is 10.2 Å². The Morgan fingerprint density at radius 3 is 2.29 bits per heavy atom. The maximum Gasteiger partial charge on any atom is 0.240 e. The highest BCUT2D eigenvalue weighted by molar-refractivity contribution is 7.99. The first-order valence-corrected chi connectivity index (χ1v) is 8.55. The highest BCUT2D eigenvalue weighted by Gasteiger charge is 2.16. The van der Waals surface area contributed by atoms with Crippen LogP contribution in [0.15, 0.2) is 34.4 Å². The zero-order chi connectivity index (χ0) is 17.3. The summed E-state index contributed by atoms with van der Waals surface area (Å²) >= 11 is 19.7. The van der Waals surface area contributed by atoms with Crippen LogP contribution in [0.25, 0.3) is 10.9 Å². The summed E-state index contributed by atoms with van der Waals surface area (Å²) in [4.78, 5) is 13.7. The Balaban J connectivity index is 2.11. The van der Waals surface area contributed by atoms with E-state index in [9.17, 15) is 0 Å². The number of aromatic nitrogens is 3. The van der Waals surface area contributed by atoms with Crippen LogP contribution >= 0.6 is 46.6 Å². The quantitative estimate of drug-likeness (QED) is 0.562. The summed E-state index contributed by atoms with van der Waals surface area (Å²) < 4.78 is 10.3. The summed E-state index contributed by atoms with van der Waals surface area (Å²) in [5.74, 6) is 0.469. The van der Waals surface area contributed by atoms with Gasteiger partial charge in [-0.2, -0.15) is 9.97 Å². The number of pyridine rings is 1. The van der Waals surface area contributed by atoms with Gasteiger partial charge in [-0.25, -0.2) is 0 Å². The Morgan fingerprint density at radius 1 is 1.00 bits per heavy atom. The van der Waals surface area contributed by atoms with Gasteiger partial charge in [0.1, 0.15) is 0 Å². The Kier molecular flexibility index (Phi) is 5.20. The second kappa shape index (κ2) is 7.19. The fourth-order valence-corrected chi connectivity index (χ4v) is 3.84. The molecule has 0 aliphatic carbocycles. The number of hydrogen-bond acceptors (Lipinski definition) is 6. The number of fused-ring (bicyclic) bond motifs is 1. The van der Waals surface area contributed by atoms with Crippen molar-refractivity contribution in [3.63, 3.8) is 0 Å². The molecule has 124 valence electrons. The van der Waals surface area contributed by atoms with Crippen molar-refractivity contribution in [1.29, 1.82) is 0 Å². The van der Waals surface area contributed by atoms with E-state index < -0.39 is 0 Å². The van der Waals surface area contributed by atoms with Crippen LogP contribution in [0.3, 0.4) is 0 Å². The van der Waals surface area contributed by atoms with E-state index in [1.54, 1.807) is 18.3 Å². The van der Waals surface area contributed by atoms with Crippen molar-refractivity contribution in [2.75, 3.05) is 14.2 Å². The lowest BCUT2D eigenvalue weighted by Gasteiger charge is -2.10. The van der Waals surface area contributed by atoms with Crippen LogP contribution in [0.2, 0.25) is 15.1 Å². The SMILES string of the molecule is COc1nc(Sc2ccnc3cc(Cl)cc(Cl)c23)nc(OC)c1Cl. The second-order valence-corrected chi connectivity index (χ2v) is 6.76. The Bertz CT molecular complexity index is 899. The lowest BCUT2D eigenvalue weighted by atomic mass is 10.2. The van der Waals surface area contributed by atoms with Gasteiger partial charge >= 0.3 is 0 Å². The summed E-state index contributed by atoms with van der Waals surface area (Å²) in [7, 11) is 2.95. The van der Waals surface area contributed by atoms with Crippen molar-refractivity contribution < 1.29 is 9.47 Å². The molecule has 0 atom stereocenters. The van der Waals surface area contributed by atoms with Gasteiger partial charge in [-0.05, 0) is 30.0 Å². The van der Waals surface area contributed by atoms with Gasteiger partial charge < -0.3 is 9.47 Å². The van der Waals surface area contributed by atoms with Crippen molar-refractivity contribution in [1.82, 2.24) is 15.0 Å². The third-order valence-electron chi connectivity index (χ3n) is 3.08. The molecule has 0 bridgehead atoms. The molecule has 0 saturated heterocycles. The molecule has 0 amide bonds. The molecule has 0 N–H and O–H groups in total. The number of hydrogen-bond donors (Lipinski definition) is 0. The van der Waals surface area contributed by atoms with Crippen LogP contribution in [0.4, 0.5) is 0 Å². The van der Waals surface area contributed by atoms with Crippen LogP contribution in [0, 0.1) is 0 Å². The molecule has 2 aromatic heterocycles. The molecule has 0 spiro atoms. The summed E-state index contributed by atoms with van der Waals surface area (Å²) in [5, 5.41) is 2.42. The van der Waals surface area contributed by atoms with Crippen LogP contribution in [-0.4, -0.2) is 29.2 Å². The molecule has 0 aliphatic rings. The minimum Gasteiger partial charge on any atom is -0.480 e. The Hall–Kier alpha value is -1.47. The van der Waals surface area contributed by atoms with Crippen molar-refractivity contribution in [2.24, 2.45) is 0 Å². The lowest BCUT2D eigenvalue weighted by Crippen LogP contribution is -1.98. The predicted octanol–water partition coefficient (Wildman–Crippen LogP) is 5.15. The normalized spacial score (nSPS) is 10.9. The van der Waals surface area contributed by atoms with E-state index in [0.29, 0.717) is 20.7 Å². The average molecular weight is 403 g/mol. The minimum atomic E-state index is 0.216. The van der Waals surface area contributed by atoms with Gasteiger partial charge in [0.25, 0.3) is 0 Å². The standard InChI is InChI=1S/C15H10Cl3N3O2S/c1-22-13-12(18)14(23-2)21-15(20-13)24-10-3-4-19-9-6-7(16)5-8(17)11(9)10/h3-6H,1-2H3. The highest BCUT2D eigenvalue weighted by atomic mass is 35.5. The molecule has 5 nitrogen and oxygen atoms in total. The third kappa shape index (κ3) is 3.32. The van der Waals surface area contributed by atoms with Crippen LogP contribution < -0.4 is 9.47 Å². The van der Waals surface area contributed by atoms with E-state index in [0.717, 1.165) is 10.3 Å². The fraction of sp³-hybridized carbons (Fsp3) is 0.133. The van der Waals surface area contributed by atoms with E-state index in [1.165, 1.54) is 26.0 Å². The fourth-order valence-electron chi connectivity index (χ4n) is 2.06. The minimum absolute atomic E-state index is 0.216. The zero-order valence-electron chi connectivity index (χ0n) is 12.5. The molecule has 3 rings (SSSR count). The number of halogens is 3. The zero-order valence-corrected chi connectivity index (χ0v) is 15.6. The smallest absolute Gasteiger partial charge is 0.240 e. The molecule has 0 fully saturated rings. The molecule has 0 saturated carbocycles. The van der Waals surface area contributed by atoms with Gasteiger partial charge in [-0.3, -0.25) is 4.98 Å². The van der Waals surface area contributed by atoms with Crippen molar-refractivity contribution in [3.8, 4) is 11.8 Å². The number of nitrogens with zero attached hydrogens (tertiary/aromatic N) is 3. The Morgan fingerprint density at radius 2 is 1.67 bits per heavy atom. The average Bonchev–Trinajstić information content (AvgIpc) is 2.55. The molecule has 2 heterocycles. The predicted molar refractivity (Wildman–Crippen MR) is 96.0 cm³/mol. The van der Waals surface area contributed by atoms with E-state index in [1.807, 2.05) is 6.07 Å². The molecule has 9 heteroatoms. The second-order valence-electron chi connectivity index (χ2n) is 4.53. The maximum atomic E-state index is 6.33. The molecule has 0 aliphatic heterocycles. The lowest BCUT2D eigenvalue weighted by molar-refractivity contribution is 0.364. The molecule has 3 aromatic rings. The summed E-state index contributed by atoms with van der Waals surface area (Å²) in [6.07, 6.45) is 1.67. The van der Waals surface area contributed by atoms with Gasteiger partial charge in [0, 0.05) is 21.5 Å². The van der Waals surface area contributed by atoms with Crippen molar-refractivity contribution in [3.05, 3.63) is 39.5 Å². The van der Waals surface area contributed by atoms with Crippen LogP contribution in [0.5, 0.6) is 11.8 Å². The summed E-state index contributed by atoms with van der Waals surface area (Å²) in [6.45, 7) is 0. The van der Waals surface area contributed by atoms with Crippen molar-refractivity contribution in [2.45, 2.75) is 10.1 Å². The topological polar surface area (TPSA) is 57.1 Å². The maximum absolute atomic E-state index is 6.33. The van der Waals surface area contributed by atoms with E-state index in [-0.39, 0.29) is 16.8 Å². The molecular weight excluding hydrogens is 393 g/mol. The molecular formula is C15H10Cl3N3O2S.